The van der Waals surface area contributed by atoms with Crippen molar-refractivity contribution in [2.45, 2.75) is 32.7 Å². The number of nitrogens with zero attached hydrogens (tertiary/aromatic N) is 2. The van der Waals surface area contributed by atoms with E-state index in [4.69, 9.17) is 9.47 Å². The van der Waals surface area contributed by atoms with E-state index in [0.29, 0.717) is 25.4 Å². The zero-order chi connectivity index (χ0) is 26.4. The molecular formula is C28H36N4O5. The number of fused-ring (bicyclic) bond motifs is 1. The molecule has 2 N–H and O–H groups in total. The van der Waals surface area contributed by atoms with Crippen LogP contribution >= 0.6 is 0 Å². The molecule has 198 valence electrons. The Kier molecular flexibility index (Phi) is 8.78. The maximum absolute atomic E-state index is 12.8. The molecule has 2 aromatic carbocycles. The summed E-state index contributed by atoms with van der Waals surface area (Å²) in [5.74, 6) is -0.803. The van der Waals surface area contributed by atoms with Crippen LogP contribution in [0.1, 0.15) is 37.4 Å². The van der Waals surface area contributed by atoms with Crippen molar-refractivity contribution >= 4 is 29.1 Å². The molecule has 9 heteroatoms. The topological polar surface area (TPSA) is 100 Å². The van der Waals surface area contributed by atoms with Crippen LogP contribution in [0.5, 0.6) is 5.75 Å². The Morgan fingerprint density at radius 1 is 1.03 bits per heavy atom. The molecule has 0 saturated carbocycles. The summed E-state index contributed by atoms with van der Waals surface area (Å²) in [5, 5.41) is 5.50. The van der Waals surface area contributed by atoms with E-state index in [2.05, 4.69) is 15.5 Å². The van der Waals surface area contributed by atoms with Crippen LogP contribution in [0, 0.1) is 5.92 Å². The molecule has 2 aliphatic heterocycles. The summed E-state index contributed by atoms with van der Waals surface area (Å²) < 4.78 is 10.9. The monoisotopic (exact) mass is 508 g/mol. The van der Waals surface area contributed by atoms with E-state index in [1.165, 1.54) is 0 Å². The van der Waals surface area contributed by atoms with Crippen LogP contribution in [0.25, 0.3) is 0 Å². The lowest BCUT2D eigenvalue weighted by atomic mass is 9.99. The van der Waals surface area contributed by atoms with Gasteiger partial charge in [0.05, 0.1) is 26.4 Å². The number of amides is 3. The molecule has 1 saturated heterocycles. The number of carbonyl (C=O) groups excluding carboxylic acids is 3. The van der Waals surface area contributed by atoms with Crippen LogP contribution in [0.2, 0.25) is 0 Å². The number of benzene rings is 2. The van der Waals surface area contributed by atoms with Gasteiger partial charge in [0.25, 0.3) is 0 Å². The molecule has 2 aromatic rings. The first kappa shape index (κ1) is 26.6. The Balaban J connectivity index is 1.43. The van der Waals surface area contributed by atoms with Gasteiger partial charge < -0.3 is 25.0 Å². The molecule has 1 fully saturated rings. The second-order valence-corrected chi connectivity index (χ2v) is 9.70. The van der Waals surface area contributed by atoms with E-state index in [-0.39, 0.29) is 24.4 Å². The summed E-state index contributed by atoms with van der Waals surface area (Å²) in [6.07, 6.45) is 1.77. The number of morpholine rings is 1. The third-order valence-corrected chi connectivity index (χ3v) is 6.85. The molecule has 0 aromatic heterocycles. The standard InChI is InChI=1S/C28H36N4O5/c1-19(2)28(35)32-11-5-7-20-9-10-22(17-24(20)32)30-27(34)26(33)29-18-25(31-12-14-37-15-13-31)21-6-4-8-23(16-21)36-3/h4,6,8-10,16-17,19,25H,5,7,11-15,18H2,1-3H3,(H,29,33)(H,30,34). The highest BCUT2D eigenvalue weighted by Crippen LogP contribution is 2.31. The normalized spacial score (nSPS) is 16.6. The number of anilines is 2. The van der Waals surface area contributed by atoms with Crippen molar-refractivity contribution in [1.29, 1.82) is 0 Å². The quantitative estimate of drug-likeness (QED) is 0.558. The van der Waals surface area contributed by atoms with Gasteiger partial charge in [0.15, 0.2) is 0 Å². The van der Waals surface area contributed by atoms with Gasteiger partial charge in [0.2, 0.25) is 5.91 Å². The largest absolute Gasteiger partial charge is 0.497 e. The summed E-state index contributed by atoms with van der Waals surface area (Å²) in [4.78, 5) is 42.3. The Labute approximate surface area is 218 Å². The van der Waals surface area contributed by atoms with E-state index < -0.39 is 11.8 Å². The van der Waals surface area contributed by atoms with Crippen molar-refractivity contribution in [1.82, 2.24) is 10.2 Å². The van der Waals surface area contributed by atoms with Gasteiger partial charge in [0, 0.05) is 43.5 Å². The van der Waals surface area contributed by atoms with Crippen molar-refractivity contribution in [3.63, 3.8) is 0 Å². The minimum atomic E-state index is -0.746. The van der Waals surface area contributed by atoms with Gasteiger partial charge in [-0.15, -0.1) is 0 Å². The summed E-state index contributed by atoms with van der Waals surface area (Å²) in [7, 11) is 1.62. The molecule has 0 aliphatic carbocycles. The summed E-state index contributed by atoms with van der Waals surface area (Å²) >= 11 is 0. The summed E-state index contributed by atoms with van der Waals surface area (Å²) in [5.41, 5.74) is 3.34. The molecule has 2 heterocycles. The van der Waals surface area contributed by atoms with E-state index in [1.54, 1.807) is 24.1 Å². The zero-order valence-corrected chi connectivity index (χ0v) is 21.8. The lowest BCUT2D eigenvalue weighted by molar-refractivity contribution is -0.136. The van der Waals surface area contributed by atoms with Crippen LogP contribution in [-0.4, -0.2) is 69.1 Å². The van der Waals surface area contributed by atoms with Crippen LogP contribution < -0.4 is 20.3 Å². The van der Waals surface area contributed by atoms with Gasteiger partial charge >= 0.3 is 11.8 Å². The fraction of sp³-hybridized carbons (Fsp3) is 0.464. The van der Waals surface area contributed by atoms with Crippen LogP contribution in [0.3, 0.4) is 0 Å². The third-order valence-electron chi connectivity index (χ3n) is 6.85. The molecular weight excluding hydrogens is 472 g/mol. The average molecular weight is 509 g/mol. The molecule has 4 rings (SSSR count). The number of nitrogens with one attached hydrogen (secondary N) is 2. The molecule has 2 aliphatic rings. The van der Waals surface area contributed by atoms with Crippen molar-refractivity contribution in [2.24, 2.45) is 5.92 Å². The van der Waals surface area contributed by atoms with Gasteiger partial charge in [-0.05, 0) is 48.2 Å². The highest BCUT2D eigenvalue weighted by Gasteiger charge is 2.27. The van der Waals surface area contributed by atoms with Crippen LogP contribution in [-0.2, 0) is 25.5 Å². The van der Waals surface area contributed by atoms with Gasteiger partial charge in [-0.2, -0.15) is 0 Å². The smallest absolute Gasteiger partial charge is 0.313 e. The second-order valence-electron chi connectivity index (χ2n) is 9.70. The number of carbonyl (C=O) groups is 3. The molecule has 0 spiro atoms. The predicted molar refractivity (Wildman–Crippen MR) is 142 cm³/mol. The second kappa shape index (κ2) is 12.2. The van der Waals surface area contributed by atoms with Crippen molar-refractivity contribution < 1.29 is 23.9 Å². The molecule has 1 atom stereocenters. The van der Waals surface area contributed by atoms with Crippen molar-refractivity contribution in [3.05, 3.63) is 53.6 Å². The highest BCUT2D eigenvalue weighted by atomic mass is 16.5. The minimum absolute atomic E-state index is 0.0499. The lowest BCUT2D eigenvalue weighted by Gasteiger charge is -2.35. The summed E-state index contributed by atoms with van der Waals surface area (Å²) in [6, 6.07) is 13.1. The van der Waals surface area contributed by atoms with Gasteiger partial charge in [-0.3, -0.25) is 19.3 Å². The lowest BCUT2D eigenvalue weighted by Crippen LogP contribution is -2.45. The van der Waals surface area contributed by atoms with Gasteiger partial charge in [0.1, 0.15) is 5.75 Å². The number of rotatable bonds is 7. The Bertz CT molecular complexity index is 1130. The Morgan fingerprint density at radius 3 is 2.54 bits per heavy atom. The van der Waals surface area contributed by atoms with Crippen LogP contribution in [0.4, 0.5) is 11.4 Å². The summed E-state index contributed by atoms with van der Waals surface area (Å²) in [6.45, 7) is 7.35. The van der Waals surface area contributed by atoms with Crippen molar-refractivity contribution in [2.75, 3.05) is 56.7 Å². The van der Waals surface area contributed by atoms with E-state index in [9.17, 15) is 14.4 Å². The molecule has 0 bridgehead atoms. The number of hydrogen-bond acceptors (Lipinski definition) is 6. The first-order valence-electron chi connectivity index (χ1n) is 12.9. The first-order chi connectivity index (χ1) is 17.9. The van der Waals surface area contributed by atoms with Crippen LogP contribution in [0.15, 0.2) is 42.5 Å². The highest BCUT2D eigenvalue weighted by molar-refractivity contribution is 6.39. The Hall–Kier alpha value is -3.43. The van der Waals surface area contributed by atoms with Crippen molar-refractivity contribution in [3.8, 4) is 5.75 Å². The van der Waals surface area contributed by atoms with E-state index >= 15 is 0 Å². The third kappa shape index (κ3) is 6.47. The number of hydrogen-bond donors (Lipinski definition) is 2. The average Bonchev–Trinajstić information content (AvgIpc) is 2.93. The van der Waals surface area contributed by atoms with E-state index in [1.807, 2.05) is 44.2 Å². The number of aryl methyl sites for hydroxylation is 1. The minimum Gasteiger partial charge on any atom is -0.497 e. The predicted octanol–water partition coefficient (Wildman–Crippen LogP) is 2.76. The first-order valence-corrected chi connectivity index (χ1v) is 12.9. The molecule has 1 unspecified atom stereocenters. The fourth-order valence-corrected chi connectivity index (χ4v) is 4.85. The fourth-order valence-electron chi connectivity index (χ4n) is 4.85. The van der Waals surface area contributed by atoms with Gasteiger partial charge in [-0.25, -0.2) is 0 Å². The SMILES string of the molecule is COc1cccc(C(CNC(=O)C(=O)Nc2ccc3c(c2)N(C(=O)C(C)C)CCC3)N2CCOCC2)c1. The molecule has 0 radical (unpaired) electrons. The number of ether oxygens (including phenoxy) is 2. The number of methoxy groups -OCH3 is 1. The maximum atomic E-state index is 12.8. The molecule has 37 heavy (non-hydrogen) atoms. The van der Waals surface area contributed by atoms with Gasteiger partial charge in [-0.1, -0.05) is 32.0 Å². The zero-order valence-electron chi connectivity index (χ0n) is 21.8. The van der Waals surface area contributed by atoms with E-state index in [0.717, 1.165) is 48.5 Å². The molecule has 3 amide bonds. The Morgan fingerprint density at radius 2 is 1.81 bits per heavy atom. The molecule has 9 nitrogen and oxygen atoms in total. The maximum Gasteiger partial charge on any atom is 0.313 e.